The quantitative estimate of drug-likeness (QED) is 0.435. The Bertz CT molecular complexity index is 699. The van der Waals surface area contributed by atoms with Crippen LogP contribution in [0.25, 0.3) is 6.08 Å². The van der Waals surface area contributed by atoms with Crippen molar-refractivity contribution >= 4 is 29.6 Å². The number of hydrogen-bond acceptors (Lipinski definition) is 6. The Morgan fingerprint density at radius 3 is 2.88 bits per heavy atom. The lowest BCUT2D eigenvalue weighted by atomic mass is 9.91. The standard InChI is InChI=1S/C19H24N2O5/c1-3-5-8-26-17(22)7-6-15-10-13-9-14(11-18(23)25-4-2)19(24)21-16(13)12-20-15/h6-7,10,12,14H,3-5,8-9,11H2,1-2H3,(H,21,24). The minimum absolute atomic E-state index is 0.0381. The van der Waals surface area contributed by atoms with E-state index in [1.807, 2.05) is 6.92 Å². The van der Waals surface area contributed by atoms with Crippen LogP contribution in [0, 0.1) is 5.92 Å². The molecule has 0 saturated carbocycles. The number of carbonyl (C=O) groups excluding carboxylic acids is 3. The van der Waals surface area contributed by atoms with E-state index in [0.717, 1.165) is 18.4 Å². The van der Waals surface area contributed by atoms with E-state index < -0.39 is 11.9 Å². The lowest BCUT2D eigenvalue weighted by molar-refractivity contribution is -0.145. The van der Waals surface area contributed by atoms with Gasteiger partial charge in [0, 0.05) is 6.08 Å². The Morgan fingerprint density at radius 1 is 1.35 bits per heavy atom. The van der Waals surface area contributed by atoms with Crippen LogP contribution in [0.2, 0.25) is 0 Å². The minimum atomic E-state index is -0.472. The molecule has 0 fully saturated rings. The lowest BCUT2D eigenvalue weighted by Gasteiger charge is -2.23. The molecule has 26 heavy (non-hydrogen) atoms. The van der Waals surface area contributed by atoms with Gasteiger partial charge in [0.1, 0.15) is 0 Å². The van der Waals surface area contributed by atoms with Gasteiger partial charge in [0.2, 0.25) is 5.91 Å². The molecule has 1 unspecified atom stereocenters. The first-order valence-corrected chi connectivity index (χ1v) is 8.83. The highest BCUT2D eigenvalue weighted by atomic mass is 16.5. The lowest BCUT2D eigenvalue weighted by Crippen LogP contribution is -2.32. The molecule has 1 N–H and O–H groups in total. The molecule has 0 radical (unpaired) electrons. The summed E-state index contributed by atoms with van der Waals surface area (Å²) in [6.45, 7) is 4.44. The number of nitrogens with zero attached hydrogens (tertiary/aromatic N) is 1. The average molecular weight is 360 g/mol. The summed E-state index contributed by atoms with van der Waals surface area (Å²) in [5.74, 6) is -1.48. The molecule has 1 aliphatic heterocycles. The second-order valence-electron chi connectivity index (χ2n) is 6.02. The van der Waals surface area contributed by atoms with Gasteiger partial charge in [-0.3, -0.25) is 14.6 Å². The Balaban J connectivity index is 2.02. The summed E-state index contributed by atoms with van der Waals surface area (Å²) in [5, 5.41) is 2.76. The number of carbonyl (C=O) groups is 3. The van der Waals surface area contributed by atoms with Gasteiger partial charge in [-0.25, -0.2) is 4.79 Å². The predicted octanol–water partition coefficient (Wildman–Crippen LogP) is 2.50. The first-order valence-electron chi connectivity index (χ1n) is 8.83. The predicted molar refractivity (Wildman–Crippen MR) is 96.2 cm³/mol. The number of aromatic nitrogens is 1. The topological polar surface area (TPSA) is 94.6 Å². The number of hydrogen-bond donors (Lipinski definition) is 1. The number of nitrogens with one attached hydrogen (secondary N) is 1. The molecule has 7 heteroatoms. The Hall–Kier alpha value is -2.70. The molecular formula is C19H24N2O5. The van der Waals surface area contributed by atoms with E-state index >= 15 is 0 Å². The highest BCUT2D eigenvalue weighted by molar-refractivity contribution is 5.97. The van der Waals surface area contributed by atoms with Crippen LogP contribution in [0.4, 0.5) is 5.69 Å². The number of fused-ring (bicyclic) bond motifs is 1. The summed E-state index contributed by atoms with van der Waals surface area (Å²) < 4.78 is 9.97. The average Bonchev–Trinajstić information content (AvgIpc) is 2.61. The third-order valence-electron chi connectivity index (χ3n) is 3.96. The highest BCUT2D eigenvalue weighted by Crippen LogP contribution is 2.27. The van der Waals surface area contributed by atoms with Crippen LogP contribution in [0.3, 0.4) is 0 Å². The zero-order chi connectivity index (χ0) is 18.9. The summed E-state index contributed by atoms with van der Waals surface area (Å²) in [6, 6.07) is 1.79. The zero-order valence-electron chi connectivity index (χ0n) is 15.1. The van der Waals surface area contributed by atoms with E-state index in [0.29, 0.717) is 24.4 Å². The largest absolute Gasteiger partial charge is 0.466 e. The van der Waals surface area contributed by atoms with Gasteiger partial charge in [0.05, 0.1) is 43.1 Å². The maximum absolute atomic E-state index is 12.1. The summed E-state index contributed by atoms with van der Waals surface area (Å²) in [6.07, 6.45) is 6.71. The minimum Gasteiger partial charge on any atom is -0.466 e. The normalized spacial score (nSPS) is 16.1. The van der Waals surface area contributed by atoms with Crippen LogP contribution in [0.5, 0.6) is 0 Å². The number of pyridine rings is 1. The molecule has 140 valence electrons. The first kappa shape index (κ1) is 19.6. The molecule has 1 aromatic heterocycles. The number of unbranched alkanes of at least 4 members (excludes halogenated alkanes) is 1. The van der Waals surface area contributed by atoms with Crippen molar-refractivity contribution in [2.24, 2.45) is 5.92 Å². The Kier molecular flexibility index (Phi) is 7.32. The number of esters is 2. The number of ether oxygens (including phenoxy) is 2. The molecule has 0 bridgehead atoms. The van der Waals surface area contributed by atoms with Crippen molar-refractivity contribution in [1.82, 2.24) is 4.98 Å². The van der Waals surface area contributed by atoms with Crippen molar-refractivity contribution in [3.05, 3.63) is 29.6 Å². The van der Waals surface area contributed by atoms with E-state index in [9.17, 15) is 14.4 Å². The van der Waals surface area contributed by atoms with Crippen LogP contribution in [-0.2, 0) is 30.3 Å². The maximum atomic E-state index is 12.1. The van der Waals surface area contributed by atoms with Crippen LogP contribution in [0.15, 0.2) is 18.3 Å². The molecule has 0 spiro atoms. The molecule has 1 amide bonds. The van der Waals surface area contributed by atoms with Crippen LogP contribution in [-0.4, -0.2) is 36.0 Å². The van der Waals surface area contributed by atoms with Crippen LogP contribution < -0.4 is 5.32 Å². The Labute approximate surface area is 152 Å². The van der Waals surface area contributed by atoms with E-state index in [1.165, 1.54) is 6.08 Å². The molecule has 2 rings (SSSR count). The molecule has 1 atom stereocenters. The fraction of sp³-hybridized carbons (Fsp3) is 0.474. The van der Waals surface area contributed by atoms with Gasteiger partial charge in [0.15, 0.2) is 0 Å². The third kappa shape index (κ3) is 5.68. The van der Waals surface area contributed by atoms with Crippen LogP contribution in [0.1, 0.15) is 44.4 Å². The van der Waals surface area contributed by atoms with E-state index in [4.69, 9.17) is 9.47 Å². The smallest absolute Gasteiger partial charge is 0.330 e. The molecular weight excluding hydrogens is 336 g/mol. The summed E-state index contributed by atoms with van der Waals surface area (Å²) in [7, 11) is 0. The third-order valence-corrected chi connectivity index (χ3v) is 3.96. The van der Waals surface area contributed by atoms with E-state index in [-0.39, 0.29) is 24.9 Å². The second kappa shape index (κ2) is 9.70. The fourth-order valence-electron chi connectivity index (χ4n) is 2.59. The highest BCUT2D eigenvalue weighted by Gasteiger charge is 2.29. The van der Waals surface area contributed by atoms with Gasteiger partial charge < -0.3 is 14.8 Å². The van der Waals surface area contributed by atoms with Crippen molar-refractivity contribution in [2.75, 3.05) is 18.5 Å². The molecule has 7 nitrogen and oxygen atoms in total. The number of rotatable bonds is 8. The molecule has 2 heterocycles. The fourth-order valence-corrected chi connectivity index (χ4v) is 2.59. The summed E-state index contributed by atoms with van der Waals surface area (Å²) in [4.78, 5) is 39.6. The molecule has 0 aliphatic carbocycles. The van der Waals surface area contributed by atoms with Crippen LogP contribution >= 0.6 is 0 Å². The van der Waals surface area contributed by atoms with Gasteiger partial charge in [-0.2, -0.15) is 0 Å². The van der Waals surface area contributed by atoms with Gasteiger partial charge in [-0.1, -0.05) is 13.3 Å². The van der Waals surface area contributed by atoms with Crippen molar-refractivity contribution in [2.45, 2.75) is 39.5 Å². The van der Waals surface area contributed by atoms with Gasteiger partial charge in [-0.15, -0.1) is 0 Å². The van der Waals surface area contributed by atoms with E-state index in [2.05, 4.69) is 10.3 Å². The molecule has 1 aliphatic rings. The van der Waals surface area contributed by atoms with Gasteiger partial charge >= 0.3 is 11.9 Å². The Morgan fingerprint density at radius 2 is 2.15 bits per heavy atom. The molecule has 0 saturated heterocycles. The number of amides is 1. The van der Waals surface area contributed by atoms with E-state index in [1.54, 1.807) is 25.3 Å². The van der Waals surface area contributed by atoms with Crippen molar-refractivity contribution in [1.29, 1.82) is 0 Å². The molecule has 0 aromatic carbocycles. The number of anilines is 1. The molecule has 1 aromatic rings. The SMILES string of the molecule is CCCCOC(=O)C=Cc1cc2c(cn1)NC(=O)C(CC(=O)OCC)C2. The second-order valence-corrected chi connectivity index (χ2v) is 6.02. The summed E-state index contributed by atoms with van der Waals surface area (Å²) >= 11 is 0. The monoisotopic (exact) mass is 360 g/mol. The van der Waals surface area contributed by atoms with Crippen molar-refractivity contribution in [3.8, 4) is 0 Å². The zero-order valence-corrected chi connectivity index (χ0v) is 15.1. The maximum Gasteiger partial charge on any atom is 0.330 e. The van der Waals surface area contributed by atoms with Gasteiger partial charge in [0.25, 0.3) is 0 Å². The summed E-state index contributed by atoms with van der Waals surface area (Å²) in [5.41, 5.74) is 2.08. The van der Waals surface area contributed by atoms with Crippen molar-refractivity contribution in [3.63, 3.8) is 0 Å². The van der Waals surface area contributed by atoms with Gasteiger partial charge in [-0.05, 0) is 37.5 Å². The first-order chi connectivity index (χ1) is 12.5. The van der Waals surface area contributed by atoms with Crippen molar-refractivity contribution < 1.29 is 23.9 Å².